The Balaban J connectivity index is 0.000000199. The fraction of sp³-hybridized carbons (Fsp3) is 0.396. The number of fused-ring (bicyclic) bond motifs is 2. The number of aryl methyl sites for hydroxylation is 2. The lowest BCUT2D eigenvalue weighted by Crippen LogP contribution is -2.34. The number of halogens is 6. The van der Waals surface area contributed by atoms with Crippen LogP contribution in [-0.4, -0.2) is 22.3 Å². The van der Waals surface area contributed by atoms with Crippen molar-refractivity contribution in [2.24, 2.45) is 0 Å². The quantitative estimate of drug-likeness (QED) is 0.153. The molecule has 4 amide bonds. The summed E-state index contributed by atoms with van der Waals surface area (Å²) in [6.45, 7) is 20.1. The third kappa shape index (κ3) is 10.1. The molecule has 2 fully saturated rings. The van der Waals surface area contributed by atoms with Crippen LogP contribution in [0.25, 0.3) is 34.4 Å². The Morgan fingerprint density at radius 1 is 0.522 bits per heavy atom. The zero-order valence-electron chi connectivity index (χ0n) is 39.2. The van der Waals surface area contributed by atoms with Crippen LogP contribution in [0.3, 0.4) is 0 Å². The largest absolute Gasteiger partial charge is 0.417 e. The topological polar surface area (TPSA) is 92.3 Å². The first-order chi connectivity index (χ1) is 30.9. The van der Waals surface area contributed by atoms with Crippen LogP contribution < -0.4 is 10.6 Å². The Bertz CT molecular complexity index is 2810. The van der Waals surface area contributed by atoms with Crippen LogP contribution in [0.5, 0.6) is 0 Å². The molecule has 0 saturated carbocycles. The molecular weight excluding hydrogens is 907 g/mol. The molecule has 4 aromatic rings. The van der Waals surface area contributed by atoms with Crippen LogP contribution in [0.1, 0.15) is 144 Å². The van der Waals surface area contributed by atoms with Gasteiger partial charge in [-0.25, -0.2) is 0 Å². The number of hydrogen-bond donors (Lipinski definition) is 2. The number of nitrogens with one attached hydrogen (secondary N) is 2. The SMILES string of the molecule is CCc1ccc(/C=C2\SC(=O)NC2=O)cc1-c1cc2c(cc1C(F)(F)F)C(C)(C)CCC2(C)C.Cc1ccc(/C=C2\SC(=O)NC2=O)cc1-c1cc2c(cc1C(F)(F)F)C(C)(C)CCC2(C)C. The Hall–Kier alpha value is -5.08. The summed E-state index contributed by atoms with van der Waals surface area (Å²) < 4.78 is 86.1. The van der Waals surface area contributed by atoms with E-state index in [-0.39, 0.29) is 42.6 Å². The maximum Gasteiger partial charge on any atom is 0.417 e. The van der Waals surface area contributed by atoms with Crippen molar-refractivity contribution in [3.8, 4) is 22.3 Å². The van der Waals surface area contributed by atoms with E-state index in [1.807, 2.05) is 34.6 Å². The molecule has 4 aliphatic rings. The number of carbonyl (C=O) groups is 4. The highest BCUT2D eigenvalue weighted by molar-refractivity contribution is 8.18. The molecule has 2 heterocycles. The lowest BCUT2D eigenvalue weighted by molar-refractivity contribution is -0.138. The zero-order chi connectivity index (χ0) is 49.4. The molecule has 2 saturated heterocycles. The van der Waals surface area contributed by atoms with Crippen molar-refractivity contribution < 1.29 is 45.5 Å². The molecule has 354 valence electrons. The number of rotatable bonds is 5. The maximum atomic E-state index is 14.4. The Kier molecular flexibility index (Phi) is 13.0. The van der Waals surface area contributed by atoms with Crippen molar-refractivity contribution in [3.05, 3.63) is 126 Å². The van der Waals surface area contributed by atoms with Gasteiger partial charge in [-0.3, -0.25) is 29.8 Å². The van der Waals surface area contributed by atoms with Crippen LogP contribution in [0.2, 0.25) is 0 Å². The van der Waals surface area contributed by atoms with Gasteiger partial charge in [0.05, 0.1) is 20.9 Å². The van der Waals surface area contributed by atoms with E-state index in [9.17, 15) is 45.5 Å². The summed E-state index contributed by atoms with van der Waals surface area (Å²) in [7, 11) is 0. The molecule has 6 nitrogen and oxygen atoms in total. The second-order valence-corrected chi connectivity index (χ2v) is 22.5. The van der Waals surface area contributed by atoms with Crippen molar-refractivity contribution in [1.29, 1.82) is 0 Å². The summed E-state index contributed by atoms with van der Waals surface area (Å²) in [6.07, 6.45) is -1.96. The van der Waals surface area contributed by atoms with Crippen molar-refractivity contribution >= 4 is 58.0 Å². The standard InChI is InChI=1S/C27H28F3NO2S.C26H26F3NO2S/c1-6-16-8-7-15(12-22-23(32)31-24(33)34-22)11-17(16)18-13-20-21(14-19(18)27(28,29)30)26(4,5)10-9-25(20,2)3;1-14-6-7-15(11-21-22(31)30-23(32)33-21)10-16(14)17-12-19-20(13-18(17)26(27,28)29)25(4,5)9-8-24(19,2)3/h7-8,11-14H,6,9-10H2,1-5H3,(H,31,32,33);6-7,10-13H,8-9H2,1-5H3,(H,30,31,32)/b22-12-;21-11-. The number of benzene rings is 4. The third-order valence-corrected chi connectivity index (χ3v) is 15.5. The summed E-state index contributed by atoms with van der Waals surface area (Å²) in [5.41, 5.74) is 4.86. The van der Waals surface area contributed by atoms with Crippen LogP contribution in [0, 0.1) is 6.92 Å². The Morgan fingerprint density at radius 2 is 0.881 bits per heavy atom. The molecular formula is C53H54F6N2O4S2. The summed E-state index contributed by atoms with van der Waals surface area (Å²) >= 11 is 1.57. The molecule has 2 aliphatic heterocycles. The van der Waals surface area contributed by atoms with Gasteiger partial charge in [0.25, 0.3) is 22.3 Å². The maximum absolute atomic E-state index is 14.4. The molecule has 0 unspecified atom stereocenters. The van der Waals surface area contributed by atoms with E-state index in [4.69, 9.17) is 0 Å². The van der Waals surface area contributed by atoms with Gasteiger partial charge in [0.2, 0.25) is 0 Å². The first-order valence-corrected chi connectivity index (χ1v) is 23.8. The molecule has 2 N–H and O–H groups in total. The van der Waals surface area contributed by atoms with E-state index in [2.05, 4.69) is 38.3 Å². The van der Waals surface area contributed by atoms with Crippen LogP contribution in [0.15, 0.2) is 70.5 Å². The lowest BCUT2D eigenvalue weighted by Gasteiger charge is -2.42. The van der Waals surface area contributed by atoms with Crippen molar-refractivity contribution in [3.63, 3.8) is 0 Å². The average Bonchev–Trinajstić information content (AvgIpc) is 3.73. The molecule has 8 rings (SSSR count). The molecule has 0 spiro atoms. The zero-order valence-corrected chi connectivity index (χ0v) is 40.8. The van der Waals surface area contributed by atoms with Gasteiger partial charge in [-0.1, -0.05) is 86.6 Å². The average molecular weight is 961 g/mol. The van der Waals surface area contributed by atoms with E-state index >= 15 is 0 Å². The summed E-state index contributed by atoms with van der Waals surface area (Å²) in [4.78, 5) is 47.3. The highest BCUT2D eigenvalue weighted by atomic mass is 32.2. The molecule has 0 bridgehead atoms. The van der Waals surface area contributed by atoms with Crippen molar-refractivity contribution in [2.75, 3.05) is 0 Å². The van der Waals surface area contributed by atoms with Gasteiger partial charge in [-0.15, -0.1) is 0 Å². The number of carbonyl (C=O) groups excluding carboxylic acids is 4. The fourth-order valence-electron chi connectivity index (χ4n) is 9.55. The molecule has 0 atom stereocenters. The summed E-state index contributed by atoms with van der Waals surface area (Å²) in [5.74, 6) is -0.995. The first-order valence-electron chi connectivity index (χ1n) is 22.2. The van der Waals surface area contributed by atoms with Gasteiger partial charge >= 0.3 is 12.4 Å². The minimum atomic E-state index is -4.52. The predicted octanol–water partition coefficient (Wildman–Crippen LogP) is 15.0. The van der Waals surface area contributed by atoms with Gasteiger partial charge in [-0.2, -0.15) is 26.3 Å². The van der Waals surface area contributed by atoms with Crippen LogP contribution in [-0.2, 0) is 50.0 Å². The number of amides is 4. The summed E-state index contributed by atoms with van der Waals surface area (Å²) in [6, 6.07) is 16.6. The number of thioether (sulfide) groups is 2. The fourth-order valence-corrected chi connectivity index (χ4v) is 10.9. The first kappa shape index (κ1) is 49.8. The van der Waals surface area contributed by atoms with Gasteiger partial charge in [0.15, 0.2) is 0 Å². The lowest BCUT2D eigenvalue weighted by atomic mass is 9.62. The third-order valence-electron chi connectivity index (χ3n) is 13.8. The second-order valence-electron chi connectivity index (χ2n) is 20.5. The van der Waals surface area contributed by atoms with E-state index in [0.29, 0.717) is 34.2 Å². The van der Waals surface area contributed by atoms with Crippen molar-refractivity contribution in [2.45, 2.75) is 135 Å². The molecule has 0 radical (unpaired) electrons. The minimum Gasteiger partial charge on any atom is -0.282 e. The van der Waals surface area contributed by atoms with Crippen LogP contribution in [0.4, 0.5) is 35.9 Å². The van der Waals surface area contributed by atoms with Gasteiger partial charge in [0.1, 0.15) is 0 Å². The second kappa shape index (κ2) is 17.5. The van der Waals surface area contributed by atoms with E-state index < -0.39 is 45.8 Å². The number of imide groups is 2. The van der Waals surface area contributed by atoms with Gasteiger partial charge < -0.3 is 0 Å². The normalized spacial score (nSPS) is 20.5. The summed E-state index contributed by atoms with van der Waals surface area (Å²) in [5, 5.41) is 3.48. The number of hydrogen-bond acceptors (Lipinski definition) is 6. The minimum absolute atomic E-state index is 0.143. The van der Waals surface area contributed by atoms with Gasteiger partial charge in [-0.05, 0) is 200 Å². The molecule has 67 heavy (non-hydrogen) atoms. The monoisotopic (exact) mass is 960 g/mol. The van der Waals surface area contributed by atoms with Crippen molar-refractivity contribution in [1.82, 2.24) is 10.6 Å². The Labute approximate surface area is 396 Å². The molecule has 0 aromatic heterocycles. The highest BCUT2D eigenvalue weighted by Crippen LogP contribution is 2.52. The predicted molar refractivity (Wildman–Crippen MR) is 257 cm³/mol. The molecule has 14 heteroatoms. The smallest absolute Gasteiger partial charge is 0.282 e. The van der Waals surface area contributed by atoms with Gasteiger partial charge in [0, 0.05) is 0 Å². The molecule has 2 aliphatic carbocycles. The van der Waals surface area contributed by atoms with E-state index in [0.717, 1.165) is 77.0 Å². The molecule has 4 aromatic carbocycles. The highest BCUT2D eigenvalue weighted by Gasteiger charge is 2.44. The Morgan fingerprint density at radius 3 is 1.24 bits per heavy atom. The number of alkyl halides is 6. The van der Waals surface area contributed by atoms with E-state index in [1.165, 1.54) is 18.2 Å². The van der Waals surface area contributed by atoms with E-state index in [1.54, 1.807) is 61.5 Å². The van der Waals surface area contributed by atoms with Crippen LogP contribution >= 0.6 is 23.5 Å².